The van der Waals surface area contributed by atoms with E-state index in [-0.39, 0.29) is 24.5 Å². The fraction of sp³-hybridized carbons (Fsp3) is 0.652. The Balaban J connectivity index is 1.67. The van der Waals surface area contributed by atoms with E-state index in [2.05, 4.69) is 29.2 Å². The van der Waals surface area contributed by atoms with Gasteiger partial charge in [-0.2, -0.15) is 17.4 Å². The Labute approximate surface area is 201 Å². The molecule has 1 aromatic rings. The summed E-state index contributed by atoms with van der Waals surface area (Å²) in [6.45, 7) is 5.79. The van der Waals surface area contributed by atoms with Gasteiger partial charge in [0.15, 0.2) is 0 Å². The van der Waals surface area contributed by atoms with Gasteiger partial charge in [0.2, 0.25) is 5.91 Å². The van der Waals surface area contributed by atoms with Crippen LogP contribution in [0, 0.1) is 5.41 Å². The highest BCUT2D eigenvalue weighted by atomic mass is 32.2. The largest absolute Gasteiger partial charge is 0.497 e. The van der Waals surface area contributed by atoms with E-state index < -0.39 is 22.2 Å². The number of benzene rings is 1. The lowest BCUT2D eigenvalue weighted by Crippen LogP contribution is -2.53. The number of fused-ring (bicyclic) bond motifs is 1. The summed E-state index contributed by atoms with van der Waals surface area (Å²) in [5.41, 5.74) is 0.500. The summed E-state index contributed by atoms with van der Waals surface area (Å²) in [6, 6.07) is 4.05. The van der Waals surface area contributed by atoms with Crippen molar-refractivity contribution in [3.8, 4) is 11.5 Å². The molecule has 2 aliphatic heterocycles. The molecule has 1 atom stereocenters. The van der Waals surface area contributed by atoms with Crippen LogP contribution in [-0.2, 0) is 15.0 Å². The van der Waals surface area contributed by atoms with Crippen LogP contribution >= 0.6 is 0 Å². The predicted octanol–water partition coefficient (Wildman–Crippen LogP) is 1.43. The first-order valence-electron chi connectivity index (χ1n) is 11.8. The molecule has 3 N–H and O–H groups in total. The minimum absolute atomic E-state index is 0.111. The minimum atomic E-state index is -3.79. The van der Waals surface area contributed by atoms with Gasteiger partial charge in [0.1, 0.15) is 24.1 Å². The van der Waals surface area contributed by atoms with Gasteiger partial charge in [0, 0.05) is 25.7 Å². The third kappa shape index (κ3) is 7.07. The van der Waals surface area contributed by atoms with Gasteiger partial charge in [-0.3, -0.25) is 9.59 Å². The maximum atomic E-state index is 13.0. The monoisotopic (exact) mass is 496 g/mol. The molecule has 3 rings (SSSR count). The Morgan fingerprint density at radius 2 is 1.85 bits per heavy atom. The van der Waals surface area contributed by atoms with Crippen LogP contribution in [0.15, 0.2) is 18.2 Å². The number of carbonyl (C=O) groups is 2. The highest BCUT2D eigenvalue weighted by Gasteiger charge is 2.34. The van der Waals surface area contributed by atoms with Crippen LogP contribution in [0.5, 0.6) is 11.5 Å². The summed E-state index contributed by atoms with van der Waals surface area (Å²) in [7, 11) is -2.27. The fourth-order valence-electron chi connectivity index (χ4n) is 4.00. The topological polar surface area (TPSA) is 126 Å². The van der Waals surface area contributed by atoms with E-state index in [0.717, 1.165) is 12.8 Å². The molecule has 1 aromatic carbocycles. The number of methoxy groups -OCH3 is 1. The highest BCUT2D eigenvalue weighted by Crippen LogP contribution is 2.30. The van der Waals surface area contributed by atoms with E-state index in [1.54, 1.807) is 18.2 Å². The highest BCUT2D eigenvalue weighted by molar-refractivity contribution is 7.87. The molecule has 2 amide bonds. The van der Waals surface area contributed by atoms with Crippen molar-refractivity contribution in [2.45, 2.75) is 52.0 Å². The molecule has 1 saturated heterocycles. The van der Waals surface area contributed by atoms with E-state index in [1.165, 1.54) is 11.4 Å². The van der Waals surface area contributed by atoms with Gasteiger partial charge in [0.05, 0.1) is 19.2 Å². The maximum Gasteiger partial charge on any atom is 0.280 e. The number of piperidine rings is 1. The van der Waals surface area contributed by atoms with E-state index in [9.17, 15) is 18.0 Å². The van der Waals surface area contributed by atoms with E-state index in [1.807, 2.05) is 0 Å². The molecule has 0 unspecified atom stereocenters. The maximum absolute atomic E-state index is 13.0. The quantitative estimate of drug-likeness (QED) is 0.579. The second-order valence-corrected chi connectivity index (χ2v) is 11.2. The van der Waals surface area contributed by atoms with Crippen LogP contribution < -0.4 is 24.8 Å². The van der Waals surface area contributed by atoms with Crippen LogP contribution in [0.3, 0.4) is 0 Å². The van der Waals surface area contributed by atoms with Gasteiger partial charge in [-0.05, 0) is 49.7 Å². The van der Waals surface area contributed by atoms with Crippen LogP contribution in [0.2, 0.25) is 0 Å². The van der Waals surface area contributed by atoms with Gasteiger partial charge >= 0.3 is 0 Å². The zero-order valence-corrected chi connectivity index (χ0v) is 21.0. The molecular weight excluding hydrogens is 460 g/mol. The summed E-state index contributed by atoms with van der Waals surface area (Å²) in [4.78, 5) is 25.4. The third-order valence-corrected chi connectivity index (χ3v) is 7.95. The van der Waals surface area contributed by atoms with Crippen molar-refractivity contribution >= 4 is 22.0 Å². The average molecular weight is 497 g/mol. The first-order chi connectivity index (χ1) is 16.1. The second kappa shape index (κ2) is 11.4. The minimum Gasteiger partial charge on any atom is -0.497 e. The Bertz CT molecular complexity index is 972. The van der Waals surface area contributed by atoms with Gasteiger partial charge < -0.3 is 20.1 Å². The molecular formula is C23H36N4O6S. The number of ether oxygens (including phenoxy) is 2. The van der Waals surface area contributed by atoms with E-state index >= 15 is 0 Å². The Morgan fingerprint density at radius 3 is 2.56 bits per heavy atom. The molecule has 0 aromatic heterocycles. The van der Waals surface area contributed by atoms with Gasteiger partial charge in [-0.15, -0.1) is 0 Å². The molecule has 0 spiro atoms. The predicted molar refractivity (Wildman–Crippen MR) is 128 cm³/mol. The number of nitrogens with zero attached hydrogens (tertiary/aromatic N) is 1. The Morgan fingerprint density at radius 1 is 1.12 bits per heavy atom. The zero-order chi connectivity index (χ0) is 24.8. The lowest BCUT2D eigenvalue weighted by Gasteiger charge is -2.36. The Hall–Kier alpha value is -2.37. The van der Waals surface area contributed by atoms with Crippen LogP contribution in [0.25, 0.3) is 0 Å². The van der Waals surface area contributed by atoms with Crippen molar-refractivity contribution in [1.82, 2.24) is 19.7 Å². The summed E-state index contributed by atoms with van der Waals surface area (Å²) in [5, 5.41) is 5.61. The summed E-state index contributed by atoms with van der Waals surface area (Å²) in [5.74, 6) is 0.251. The summed E-state index contributed by atoms with van der Waals surface area (Å²) in [6.07, 6.45) is 3.04. The first-order valence-corrected chi connectivity index (χ1v) is 13.2. The number of carbonyl (C=O) groups excluding carboxylic acids is 2. The van der Waals surface area contributed by atoms with Crippen LogP contribution in [-0.4, -0.2) is 70.5 Å². The standard InChI is InChI=1S/C23H36N4O6S/c1-23(2)9-13-27(14-10-23)34(30,31)26-19-6-4-5-11-24-21(28)18-8-7-17(32-3)16-20(18)33-15-12-25-22(19)29/h7-8,16,19,26H,4-6,9-15H2,1-3H3,(H,24,28)(H,25,29)/t19-/m0/s1. The molecule has 34 heavy (non-hydrogen) atoms. The third-order valence-electron chi connectivity index (χ3n) is 6.32. The number of amides is 2. The molecule has 2 heterocycles. The number of hydrogen-bond donors (Lipinski definition) is 3. The smallest absolute Gasteiger partial charge is 0.280 e. The molecule has 2 aliphatic rings. The average Bonchev–Trinajstić information content (AvgIpc) is 2.79. The SMILES string of the molecule is COc1ccc2c(c1)OCCNC(=O)[C@@H](NS(=O)(=O)N1CCC(C)(C)CC1)CCCCNC2=O. The molecule has 1 fully saturated rings. The van der Waals surface area contributed by atoms with Crippen LogP contribution in [0.1, 0.15) is 56.3 Å². The number of nitrogens with one attached hydrogen (secondary N) is 3. The normalized spacial score (nSPS) is 23.0. The molecule has 0 bridgehead atoms. The molecule has 190 valence electrons. The number of hydrogen-bond acceptors (Lipinski definition) is 6. The van der Waals surface area contributed by atoms with Crippen molar-refractivity contribution < 1.29 is 27.5 Å². The molecule has 0 radical (unpaired) electrons. The van der Waals surface area contributed by atoms with Crippen molar-refractivity contribution in [3.05, 3.63) is 23.8 Å². The summed E-state index contributed by atoms with van der Waals surface area (Å²) < 4.78 is 40.9. The van der Waals surface area contributed by atoms with Crippen molar-refractivity contribution in [1.29, 1.82) is 0 Å². The van der Waals surface area contributed by atoms with Crippen LogP contribution in [0.4, 0.5) is 0 Å². The zero-order valence-electron chi connectivity index (χ0n) is 20.2. The van der Waals surface area contributed by atoms with Gasteiger partial charge in [-0.1, -0.05) is 13.8 Å². The summed E-state index contributed by atoms with van der Waals surface area (Å²) >= 11 is 0. The van der Waals surface area contributed by atoms with Crippen molar-refractivity contribution in [2.24, 2.45) is 5.41 Å². The Kier molecular flexibility index (Phi) is 8.78. The lowest BCUT2D eigenvalue weighted by molar-refractivity contribution is -0.123. The first kappa shape index (κ1) is 26.2. The molecule has 0 aliphatic carbocycles. The van der Waals surface area contributed by atoms with Crippen molar-refractivity contribution in [2.75, 3.05) is 39.9 Å². The van der Waals surface area contributed by atoms with Gasteiger partial charge in [0.25, 0.3) is 16.1 Å². The molecule has 0 saturated carbocycles. The van der Waals surface area contributed by atoms with E-state index in [4.69, 9.17) is 9.47 Å². The molecule has 10 nitrogen and oxygen atoms in total. The van der Waals surface area contributed by atoms with E-state index in [0.29, 0.717) is 56.0 Å². The van der Waals surface area contributed by atoms with Gasteiger partial charge in [-0.25, -0.2) is 0 Å². The second-order valence-electron chi connectivity index (χ2n) is 9.49. The number of rotatable bonds is 4. The fourth-order valence-corrected chi connectivity index (χ4v) is 5.39. The lowest BCUT2D eigenvalue weighted by atomic mass is 9.83. The van der Waals surface area contributed by atoms with Crippen molar-refractivity contribution in [3.63, 3.8) is 0 Å². The molecule has 11 heteroatoms.